The van der Waals surface area contributed by atoms with E-state index < -0.39 is 0 Å². The molecule has 120 valence electrons. The van der Waals surface area contributed by atoms with Crippen molar-refractivity contribution in [2.75, 3.05) is 0 Å². The molecule has 2 heteroatoms. The summed E-state index contributed by atoms with van der Waals surface area (Å²) in [4.78, 5) is 25.2. The first-order chi connectivity index (χ1) is 10.1. The predicted octanol–water partition coefficient (Wildman–Crippen LogP) is 4.67. The van der Waals surface area contributed by atoms with Gasteiger partial charge in [-0.2, -0.15) is 0 Å². The van der Waals surface area contributed by atoms with E-state index in [-0.39, 0.29) is 28.4 Å². The lowest BCUT2D eigenvalue weighted by Crippen LogP contribution is -2.54. The second-order valence-corrected chi connectivity index (χ2v) is 7.84. The molecule has 2 nitrogen and oxygen atoms in total. The number of carbonyl (C=O) groups is 2. The highest BCUT2D eigenvalue weighted by Crippen LogP contribution is 2.60. The molecule has 0 aromatic heterocycles. The Morgan fingerprint density at radius 1 is 1.32 bits per heavy atom. The third-order valence-corrected chi connectivity index (χ3v) is 6.11. The second-order valence-electron chi connectivity index (χ2n) is 7.84. The van der Waals surface area contributed by atoms with Crippen LogP contribution in [-0.4, -0.2) is 11.6 Å². The van der Waals surface area contributed by atoms with Gasteiger partial charge in [-0.3, -0.25) is 9.59 Å². The molecular formula is C20H28O2. The molecule has 3 atom stereocenters. The smallest absolute Gasteiger partial charge is 0.144 e. The maximum Gasteiger partial charge on any atom is 0.144 e. The lowest BCUT2D eigenvalue weighted by molar-refractivity contribution is -0.149. The Balaban J connectivity index is 2.38. The maximum absolute atomic E-state index is 12.9. The Bertz CT molecular complexity index is 552. The molecule has 2 aliphatic rings. The van der Waals surface area contributed by atoms with E-state index in [4.69, 9.17) is 0 Å². The largest absolute Gasteiger partial charge is 0.299 e. The molecular weight excluding hydrogens is 272 g/mol. The number of Topliss-reactive ketones (excluding diaryl/α,β-unsaturated/α-hetero) is 2. The van der Waals surface area contributed by atoms with Gasteiger partial charge in [0, 0.05) is 24.2 Å². The Morgan fingerprint density at radius 3 is 2.55 bits per heavy atom. The molecule has 2 rings (SSSR count). The van der Waals surface area contributed by atoms with Gasteiger partial charge in [0.25, 0.3) is 0 Å². The van der Waals surface area contributed by atoms with Crippen LogP contribution in [0.2, 0.25) is 0 Å². The molecule has 0 N–H and O–H groups in total. The van der Waals surface area contributed by atoms with Crippen molar-refractivity contribution in [3.8, 4) is 0 Å². The number of ketones is 2. The summed E-state index contributed by atoms with van der Waals surface area (Å²) < 4.78 is 0. The van der Waals surface area contributed by atoms with Crippen molar-refractivity contribution < 1.29 is 9.59 Å². The Kier molecular flexibility index (Phi) is 4.34. The fourth-order valence-corrected chi connectivity index (χ4v) is 4.87. The SMILES string of the molecule is C=CC(=C)CC(=O)[C@H]1C(=C)CC[C@H]2C(C)(C)C(=O)CC[C@@]12C. The summed E-state index contributed by atoms with van der Waals surface area (Å²) in [6.45, 7) is 18.1. The van der Waals surface area contributed by atoms with Gasteiger partial charge in [-0.05, 0) is 36.2 Å². The summed E-state index contributed by atoms with van der Waals surface area (Å²) in [5.41, 5.74) is 1.29. The van der Waals surface area contributed by atoms with E-state index in [9.17, 15) is 9.59 Å². The Labute approximate surface area is 134 Å². The van der Waals surface area contributed by atoms with Crippen LogP contribution in [0.25, 0.3) is 0 Å². The van der Waals surface area contributed by atoms with Crippen molar-refractivity contribution in [3.05, 3.63) is 37.0 Å². The van der Waals surface area contributed by atoms with E-state index in [1.165, 1.54) is 0 Å². The van der Waals surface area contributed by atoms with Crippen molar-refractivity contribution in [1.82, 2.24) is 0 Å². The standard InChI is InChI=1S/C20H28O2/c1-7-13(2)12-15(21)18-14(3)8-9-16-19(4,5)17(22)10-11-20(16,18)6/h7,16,18H,1-3,8-12H2,4-6H3/t16-,18+,20+/m0/s1. The molecule has 0 unspecified atom stereocenters. The van der Waals surface area contributed by atoms with E-state index in [2.05, 4.69) is 40.5 Å². The van der Waals surface area contributed by atoms with Gasteiger partial charge in [0.1, 0.15) is 11.6 Å². The van der Waals surface area contributed by atoms with Gasteiger partial charge in [0.2, 0.25) is 0 Å². The lowest BCUT2D eigenvalue weighted by Gasteiger charge is -2.56. The summed E-state index contributed by atoms with van der Waals surface area (Å²) in [5.74, 6) is 0.615. The van der Waals surface area contributed by atoms with Crippen molar-refractivity contribution >= 4 is 11.6 Å². The van der Waals surface area contributed by atoms with Crippen LogP contribution in [0.4, 0.5) is 0 Å². The van der Waals surface area contributed by atoms with Crippen LogP contribution in [0.3, 0.4) is 0 Å². The normalized spacial score (nSPS) is 34.0. The zero-order chi connectivity index (χ0) is 16.7. The highest BCUT2D eigenvalue weighted by atomic mass is 16.1. The number of rotatable bonds is 4. The minimum atomic E-state index is -0.346. The van der Waals surface area contributed by atoms with Gasteiger partial charge in [-0.25, -0.2) is 0 Å². The van der Waals surface area contributed by atoms with Crippen LogP contribution in [0.15, 0.2) is 37.0 Å². The van der Waals surface area contributed by atoms with Crippen LogP contribution in [0, 0.1) is 22.7 Å². The van der Waals surface area contributed by atoms with Crippen molar-refractivity contribution in [2.24, 2.45) is 22.7 Å². The van der Waals surface area contributed by atoms with E-state index >= 15 is 0 Å². The average Bonchev–Trinajstić information content (AvgIpc) is 2.42. The first kappa shape index (κ1) is 16.9. The number of carbonyl (C=O) groups excluding carboxylic acids is 2. The van der Waals surface area contributed by atoms with Crippen molar-refractivity contribution in [1.29, 1.82) is 0 Å². The summed E-state index contributed by atoms with van der Waals surface area (Å²) in [6, 6.07) is 0. The first-order valence-electron chi connectivity index (χ1n) is 8.18. The molecule has 0 bridgehead atoms. The predicted molar refractivity (Wildman–Crippen MR) is 90.4 cm³/mol. The van der Waals surface area contributed by atoms with Crippen molar-refractivity contribution in [3.63, 3.8) is 0 Å². The van der Waals surface area contributed by atoms with E-state index in [1.807, 2.05) is 0 Å². The third kappa shape index (κ3) is 2.53. The van der Waals surface area contributed by atoms with E-state index in [0.717, 1.165) is 30.4 Å². The monoisotopic (exact) mass is 300 g/mol. The molecule has 2 fully saturated rings. The van der Waals surface area contributed by atoms with E-state index in [0.29, 0.717) is 18.6 Å². The first-order valence-corrected chi connectivity index (χ1v) is 8.18. The summed E-state index contributed by atoms with van der Waals surface area (Å²) in [6.07, 6.45) is 5.14. The molecule has 0 saturated heterocycles. The van der Waals surface area contributed by atoms with Gasteiger partial charge < -0.3 is 0 Å². The van der Waals surface area contributed by atoms with Gasteiger partial charge in [0.05, 0.1) is 0 Å². The minimum absolute atomic E-state index is 0.157. The van der Waals surface area contributed by atoms with Crippen LogP contribution >= 0.6 is 0 Å². The van der Waals surface area contributed by atoms with Crippen LogP contribution < -0.4 is 0 Å². The van der Waals surface area contributed by atoms with Gasteiger partial charge in [0.15, 0.2) is 0 Å². The van der Waals surface area contributed by atoms with Gasteiger partial charge in [-0.1, -0.05) is 52.2 Å². The van der Waals surface area contributed by atoms with Crippen LogP contribution in [-0.2, 0) is 9.59 Å². The third-order valence-electron chi connectivity index (χ3n) is 6.11. The number of hydrogen-bond acceptors (Lipinski definition) is 2. The topological polar surface area (TPSA) is 34.1 Å². The molecule has 0 amide bonds. The maximum atomic E-state index is 12.9. The molecule has 2 saturated carbocycles. The Hall–Kier alpha value is -1.44. The highest BCUT2D eigenvalue weighted by molar-refractivity contribution is 5.89. The second kappa shape index (κ2) is 5.64. The molecule has 2 aliphatic carbocycles. The molecule has 22 heavy (non-hydrogen) atoms. The lowest BCUT2D eigenvalue weighted by atomic mass is 9.46. The summed E-state index contributed by atoms with van der Waals surface area (Å²) in [7, 11) is 0. The number of hydrogen-bond donors (Lipinski definition) is 0. The minimum Gasteiger partial charge on any atom is -0.299 e. The molecule has 0 aromatic rings. The zero-order valence-electron chi connectivity index (χ0n) is 14.2. The molecule has 0 radical (unpaired) electrons. The Morgan fingerprint density at radius 2 is 1.95 bits per heavy atom. The van der Waals surface area contributed by atoms with Crippen LogP contribution in [0.5, 0.6) is 0 Å². The van der Waals surface area contributed by atoms with E-state index in [1.54, 1.807) is 6.08 Å². The quantitative estimate of drug-likeness (QED) is 0.558. The van der Waals surface area contributed by atoms with Crippen LogP contribution in [0.1, 0.15) is 52.9 Å². The summed E-state index contributed by atoms with van der Waals surface area (Å²) in [5, 5.41) is 0. The fraction of sp³-hybridized carbons (Fsp3) is 0.600. The van der Waals surface area contributed by atoms with Gasteiger partial charge >= 0.3 is 0 Å². The number of allylic oxidation sites excluding steroid dienone is 3. The average molecular weight is 300 g/mol. The van der Waals surface area contributed by atoms with Crippen molar-refractivity contribution in [2.45, 2.75) is 52.9 Å². The fourth-order valence-electron chi connectivity index (χ4n) is 4.87. The summed E-state index contributed by atoms with van der Waals surface area (Å²) >= 11 is 0. The number of fused-ring (bicyclic) bond motifs is 1. The molecule has 0 spiro atoms. The molecule has 0 aromatic carbocycles. The molecule has 0 aliphatic heterocycles. The molecule has 0 heterocycles. The zero-order valence-corrected chi connectivity index (χ0v) is 14.2. The van der Waals surface area contributed by atoms with Gasteiger partial charge in [-0.15, -0.1) is 0 Å². The highest BCUT2D eigenvalue weighted by Gasteiger charge is 2.57.